The number of amides is 1. The topological polar surface area (TPSA) is 55.1 Å². The second-order valence-electron chi connectivity index (χ2n) is 4.94. The zero-order valence-electron chi connectivity index (χ0n) is 12.5. The third kappa shape index (κ3) is 3.13. The van der Waals surface area contributed by atoms with Crippen LogP contribution in [0, 0.1) is 5.82 Å². The fourth-order valence-corrected chi connectivity index (χ4v) is 2.27. The van der Waals surface area contributed by atoms with Crippen LogP contribution in [0.3, 0.4) is 0 Å². The molecule has 1 amide bonds. The van der Waals surface area contributed by atoms with E-state index in [9.17, 15) is 9.18 Å². The van der Waals surface area contributed by atoms with E-state index in [1.807, 2.05) is 13.0 Å². The molecule has 0 fully saturated rings. The minimum Gasteiger partial charge on any atom is -0.436 e. The van der Waals surface area contributed by atoms with Gasteiger partial charge in [-0.1, -0.05) is 12.1 Å². The molecular weight excluding hydrogens is 295 g/mol. The van der Waals surface area contributed by atoms with Crippen molar-refractivity contribution in [3.8, 4) is 22.8 Å². The molecule has 0 radical (unpaired) electrons. The smallest absolute Gasteiger partial charge is 0.252 e. The van der Waals surface area contributed by atoms with Crippen molar-refractivity contribution in [1.82, 2.24) is 10.3 Å². The molecule has 116 valence electrons. The van der Waals surface area contributed by atoms with Gasteiger partial charge in [0, 0.05) is 17.7 Å². The summed E-state index contributed by atoms with van der Waals surface area (Å²) in [6.45, 7) is 2.40. The minimum atomic E-state index is -0.310. The van der Waals surface area contributed by atoms with Gasteiger partial charge in [0.25, 0.3) is 5.91 Å². The molecule has 0 aliphatic carbocycles. The minimum absolute atomic E-state index is 0.176. The van der Waals surface area contributed by atoms with E-state index in [4.69, 9.17) is 4.42 Å². The summed E-state index contributed by atoms with van der Waals surface area (Å²) >= 11 is 0. The van der Waals surface area contributed by atoms with Crippen LogP contribution in [0.5, 0.6) is 0 Å². The Labute approximate surface area is 133 Å². The van der Waals surface area contributed by atoms with E-state index in [1.165, 1.54) is 12.1 Å². The van der Waals surface area contributed by atoms with Gasteiger partial charge in [-0.3, -0.25) is 4.79 Å². The Morgan fingerprint density at radius 2 is 1.91 bits per heavy atom. The first kappa shape index (κ1) is 15.0. The molecule has 0 aliphatic heterocycles. The van der Waals surface area contributed by atoms with Gasteiger partial charge in [-0.25, -0.2) is 9.37 Å². The van der Waals surface area contributed by atoms with Crippen LogP contribution in [-0.4, -0.2) is 17.4 Å². The first-order chi connectivity index (χ1) is 11.2. The zero-order valence-corrected chi connectivity index (χ0v) is 12.5. The highest BCUT2D eigenvalue weighted by Gasteiger charge is 2.16. The van der Waals surface area contributed by atoms with Gasteiger partial charge < -0.3 is 9.73 Å². The molecule has 0 saturated carbocycles. The summed E-state index contributed by atoms with van der Waals surface area (Å²) in [5.74, 6) is 0.386. The van der Waals surface area contributed by atoms with E-state index in [2.05, 4.69) is 10.3 Å². The normalized spacial score (nSPS) is 10.5. The molecule has 2 aromatic carbocycles. The Morgan fingerprint density at radius 1 is 1.17 bits per heavy atom. The summed E-state index contributed by atoms with van der Waals surface area (Å²) in [6, 6.07) is 13.1. The summed E-state index contributed by atoms with van der Waals surface area (Å²) < 4.78 is 18.7. The number of halogens is 1. The lowest BCUT2D eigenvalue weighted by molar-refractivity contribution is 0.0956. The third-order valence-corrected chi connectivity index (χ3v) is 3.37. The summed E-state index contributed by atoms with van der Waals surface area (Å²) in [4.78, 5) is 16.4. The van der Waals surface area contributed by atoms with Crippen molar-refractivity contribution in [3.05, 3.63) is 66.1 Å². The van der Waals surface area contributed by atoms with Gasteiger partial charge >= 0.3 is 0 Å². The Balaban J connectivity index is 1.98. The Morgan fingerprint density at radius 3 is 2.65 bits per heavy atom. The van der Waals surface area contributed by atoms with Crippen molar-refractivity contribution in [2.45, 2.75) is 6.92 Å². The number of rotatable bonds is 4. The lowest BCUT2D eigenvalue weighted by atomic mass is 10.1. The average Bonchev–Trinajstić information content (AvgIpc) is 3.05. The molecule has 0 spiro atoms. The molecule has 1 aromatic heterocycles. The van der Waals surface area contributed by atoms with Crippen molar-refractivity contribution < 1.29 is 13.6 Å². The Bertz CT molecular complexity index is 825. The fourth-order valence-electron chi connectivity index (χ4n) is 2.27. The van der Waals surface area contributed by atoms with E-state index in [0.29, 0.717) is 29.3 Å². The van der Waals surface area contributed by atoms with Gasteiger partial charge in [0.1, 0.15) is 5.82 Å². The predicted molar refractivity (Wildman–Crippen MR) is 85.3 cm³/mol. The molecule has 0 saturated heterocycles. The molecule has 0 bridgehead atoms. The SMILES string of the molecule is CCNC(=O)c1ccccc1-c1ncc(-c2ccc(F)cc2)o1. The molecule has 4 nitrogen and oxygen atoms in total. The Hall–Kier alpha value is -2.95. The highest BCUT2D eigenvalue weighted by atomic mass is 19.1. The summed E-state index contributed by atoms with van der Waals surface area (Å²) in [5.41, 5.74) is 1.84. The van der Waals surface area contributed by atoms with Gasteiger partial charge in [0.2, 0.25) is 5.89 Å². The number of oxazole rings is 1. The van der Waals surface area contributed by atoms with Gasteiger partial charge in [0.05, 0.1) is 11.8 Å². The summed E-state index contributed by atoms with van der Waals surface area (Å²) in [7, 11) is 0. The van der Waals surface area contributed by atoms with Crippen molar-refractivity contribution >= 4 is 5.91 Å². The molecule has 3 rings (SSSR count). The summed E-state index contributed by atoms with van der Waals surface area (Å²) in [6.07, 6.45) is 1.57. The van der Waals surface area contributed by atoms with E-state index >= 15 is 0 Å². The number of aromatic nitrogens is 1. The second kappa shape index (κ2) is 6.44. The van der Waals surface area contributed by atoms with Crippen LogP contribution in [0.2, 0.25) is 0 Å². The number of carbonyl (C=O) groups is 1. The van der Waals surface area contributed by atoms with Crippen LogP contribution in [0.1, 0.15) is 17.3 Å². The fraction of sp³-hybridized carbons (Fsp3) is 0.111. The van der Waals surface area contributed by atoms with Crippen molar-refractivity contribution in [2.24, 2.45) is 0 Å². The Kier molecular flexibility index (Phi) is 4.19. The molecule has 0 atom stereocenters. The average molecular weight is 310 g/mol. The first-order valence-corrected chi connectivity index (χ1v) is 7.28. The number of carbonyl (C=O) groups excluding carboxylic acids is 1. The number of nitrogens with zero attached hydrogens (tertiary/aromatic N) is 1. The van der Waals surface area contributed by atoms with Gasteiger partial charge in [-0.05, 0) is 43.3 Å². The largest absolute Gasteiger partial charge is 0.436 e. The van der Waals surface area contributed by atoms with Crippen molar-refractivity contribution in [1.29, 1.82) is 0 Å². The molecular formula is C18H15FN2O2. The van der Waals surface area contributed by atoms with E-state index in [1.54, 1.807) is 36.5 Å². The maximum Gasteiger partial charge on any atom is 0.252 e. The van der Waals surface area contributed by atoms with Gasteiger partial charge in [-0.15, -0.1) is 0 Å². The third-order valence-electron chi connectivity index (χ3n) is 3.37. The predicted octanol–water partition coefficient (Wildman–Crippen LogP) is 3.90. The van der Waals surface area contributed by atoms with Crippen LogP contribution < -0.4 is 5.32 Å². The maximum atomic E-state index is 13.0. The van der Waals surface area contributed by atoms with E-state index in [-0.39, 0.29) is 11.7 Å². The molecule has 1 heterocycles. The standard InChI is InChI=1S/C18H15FN2O2/c1-2-20-17(22)14-5-3-4-6-15(14)18-21-11-16(23-18)12-7-9-13(19)10-8-12/h3-11H,2H2,1H3,(H,20,22). The molecule has 5 heteroatoms. The van der Waals surface area contributed by atoms with Gasteiger partial charge in [0.15, 0.2) is 5.76 Å². The van der Waals surface area contributed by atoms with Crippen LogP contribution in [0.25, 0.3) is 22.8 Å². The molecule has 0 unspecified atom stereocenters. The lowest BCUT2D eigenvalue weighted by Gasteiger charge is -2.06. The highest BCUT2D eigenvalue weighted by Crippen LogP contribution is 2.28. The second-order valence-corrected chi connectivity index (χ2v) is 4.94. The van der Waals surface area contributed by atoms with Crippen molar-refractivity contribution in [3.63, 3.8) is 0 Å². The van der Waals surface area contributed by atoms with E-state index in [0.717, 1.165) is 5.56 Å². The van der Waals surface area contributed by atoms with Crippen molar-refractivity contribution in [2.75, 3.05) is 6.54 Å². The number of hydrogen-bond donors (Lipinski definition) is 1. The monoisotopic (exact) mass is 310 g/mol. The van der Waals surface area contributed by atoms with Crippen LogP contribution >= 0.6 is 0 Å². The van der Waals surface area contributed by atoms with E-state index < -0.39 is 0 Å². The summed E-state index contributed by atoms with van der Waals surface area (Å²) in [5, 5.41) is 2.77. The number of nitrogens with one attached hydrogen (secondary N) is 1. The number of hydrogen-bond acceptors (Lipinski definition) is 3. The molecule has 23 heavy (non-hydrogen) atoms. The maximum absolute atomic E-state index is 13.0. The highest BCUT2D eigenvalue weighted by molar-refractivity contribution is 6.00. The quantitative estimate of drug-likeness (QED) is 0.795. The molecule has 3 aromatic rings. The van der Waals surface area contributed by atoms with Gasteiger partial charge in [-0.2, -0.15) is 0 Å². The van der Waals surface area contributed by atoms with Crippen LogP contribution in [0.4, 0.5) is 4.39 Å². The molecule has 1 N–H and O–H groups in total. The molecule has 0 aliphatic rings. The van der Waals surface area contributed by atoms with Crippen LogP contribution in [0.15, 0.2) is 59.1 Å². The zero-order chi connectivity index (χ0) is 16.2. The first-order valence-electron chi connectivity index (χ1n) is 7.28. The lowest BCUT2D eigenvalue weighted by Crippen LogP contribution is -2.23. The number of benzene rings is 2. The van der Waals surface area contributed by atoms with Crippen LogP contribution in [-0.2, 0) is 0 Å².